The van der Waals surface area contributed by atoms with E-state index in [1.165, 1.54) is 0 Å². The topological polar surface area (TPSA) is 56.6 Å². The van der Waals surface area contributed by atoms with Crippen LogP contribution in [0.15, 0.2) is 18.2 Å². The van der Waals surface area contributed by atoms with Gasteiger partial charge in [0.05, 0.1) is 5.56 Å². The van der Waals surface area contributed by atoms with Crippen LogP contribution in [-0.4, -0.2) is 12.6 Å². The van der Waals surface area contributed by atoms with Crippen molar-refractivity contribution in [1.29, 1.82) is 0 Å². The quantitative estimate of drug-likeness (QED) is 0.637. The SMILES string of the molecule is O=C1NC[NH+]([O-])c2cc(C(F)(F)F)ccc21. The Morgan fingerprint density at radius 1 is 1.38 bits per heavy atom. The van der Waals surface area contributed by atoms with Gasteiger partial charge in [0.1, 0.15) is 11.3 Å². The first-order chi connectivity index (χ1) is 7.39. The number of quaternary nitrogens is 1. The number of carbonyl (C=O) groups excluding carboxylic acids is 1. The van der Waals surface area contributed by atoms with Gasteiger partial charge in [0, 0.05) is 6.07 Å². The van der Waals surface area contributed by atoms with Crippen LogP contribution in [0, 0.1) is 5.21 Å². The number of hydrogen-bond acceptors (Lipinski definition) is 2. The minimum absolute atomic E-state index is 0.00995. The van der Waals surface area contributed by atoms with Gasteiger partial charge in [-0.3, -0.25) is 4.79 Å². The molecule has 1 unspecified atom stereocenters. The molecule has 0 aliphatic carbocycles. The smallest absolute Gasteiger partial charge is 0.416 e. The highest BCUT2D eigenvalue weighted by Crippen LogP contribution is 2.31. The lowest BCUT2D eigenvalue weighted by atomic mass is 10.1. The highest BCUT2D eigenvalue weighted by molar-refractivity contribution is 5.98. The molecule has 1 aliphatic heterocycles. The van der Waals surface area contributed by atoms with Crippen molar-refractivity contribution in [3.63, 3.8) is 0 Å². The zero-order valence-electron chi connectivity index (χ0n) is 7.89. The van der Waals surface area contributed by atoms with E-state index in [1.54, 1.807) is 0 Å². The summed E-state index contributed by atoms with van der Waals surface area (Å²) in [6.45, 7) is -0.257. The Morgan fingerprint density at radius 2 is 2.06 bits per heavy atom. The van der Waals surface area contributed by atoms with Gasteiger partial charge in [0.25, 0.3) is 5.91 Å². The van der Waals surface area contributed by atoms with Crippen LogP contribution in [0.25, 0.3) is 0 Å². The van der Waals surface area contributed by atoms with Crippen LogP contribution in [0.4, 0.5) is 18.9 Å². The Kier molecular flexibility index (Phi) is 2.36. The minimum Gasteiger partial charge on any atom is -0.628 e. The van der Waals surface area contributed by atoms with E-state index >= 15 is 0 Å². The number of amides is 1. The molecule has 4 nitrogen and oxygen atoms in total. The van der Waals surface area contributed by atoms with Crippen molar-refractivity contribution in [3.05, 3.63) is 34.5 Å². The van der Waals surface area contributed by atoms with Gasteiger partial charge >= 0.3 is 6.18 Å². The molecule has 0 radical (unpaired) electrons. The van der Waals surface area contributed by atoms with E-state index in [0.29, 0.717) is 0 Å². The largest absolute Gasteiger partial charge is 0.628 e. The second kappa shape index (κ2) is 3.46. The summed E-state index contributed by atoms with van der Waals surface area (Å²) in [6.07, 6.45) is -4.51. The lowest BCUT2D eigenvalue weighted by Gasteiger charge is -2.28. The first kappa shape index (κ1) is 10.9. The van der Waals surface area contributed by atoms with Crippen LogP contribution in [0.5, 0.6) is 0 Å². The number of carbonyl (C=O) groups is 1. The molecule has 0 fully saturated rings. The summed E-state index contributed by atoms with van der Waals surface area (Å²) in [5, 5.41) is 13.1. The Hall–Kier alpha value is -1.60. The summed E-state index contributed by atoms with van der Waals surface area (Å²) >= 11 is 0. The first-order valence-corrected chi connectivity index (χ1v) is 4.42. The third kappa shape index (κ3) is 1.74. The molecule has 0 spiro atoms. The van der Waals surface area contributed by atoms with Gasteiger partial charge < -0.3 is 15.6 Å². The van der Waals surface area contributed by atoms with E-state index < -0.39 is 22.7 Å². The monoisotopic (exact) mass is 232 g/mol. The minimum atomic E-state index is -4.51. The molecule has 2 rings (SSSR count). The summed E-state index contributed by atoms with van der Waals surface area (Å²) in [5.74, 6) is -0.525. The van der Waals surface area contributed by atoms with E-state index in [-0.39, 0.29) is 17.9 Å². The van der Waals surface area contributed by atoms with Gasteiger partial charge in [0.2, 0.25) is 0 Å². The van der Waals surface area contributed by atoms with Crippen LogP contribution in [0.3, 0.4) is 0 Å². The van der Waals surface area contributed by atoms with Gasteiger partial charge in [0.15, 0.2) is 6.67 Å². The summed E-state index contributed by atoms with van der Waals surface area (Å²) < 4.78 is 37.1. The van der Waals surface area contributed by atoms with Crippen LogP contribution in [0.2, 0.25) is 0 Å². The molecule has 0 aromatic heterocycles. The molecule has 1 heterocycles. The number of fused-ring (bicyclic) bond motifs is 1. The van der Waals surface area contributed by atoms with Crippen molar-refractivity contribution in [2.45, 2.75) is 6.18 Å². The van der Waals surface area contributed by atoms with E-state index in [1.807, 2.05) is 0 Å². The standard InChI is InChI=1S/C9H7F3N2O2/c10-9(11,12)5-1-2-6-7(3-5)14(16)4-13-8(6)15/h1-3,14H,4H2,(H,13,15). The maximum atomic E-state index is 12.4. The Morgan fingerprint density at radius 3 is 2.69 bits per heavy atom. The van der Waals surface area contributed by atoms with Gasteiger partial charge in [-0.1, -0.05) is 0 Å². The molecule has 1 amide bonds. The van der Waals surface area contributed by atoms with E-state index in [2.05, 4.69) is 5.32 Å². The van der Waals surface area contributed by atoms with Crippen molar-refractivity contribution in [1.82, 2.24) is 5.32 Å². The van der Waals surface area contributed by atoms with Crippen molar-refractivity contribution in [2.75, 3.05) is 6.67 Å². The number of hydroxylamine groups is 1. The number of hydrogen-bond donors (Lipinski definition) is 2. The zero-order chi connectivity index (χ0) is 11.9. The maximum absolute atomic E-state index is 12.4. The van der Waals surface area contributed by atoms with Gasteiger partial charge in [-0.15, -0.1) is 0 Å². The maximum Gasteiger partial charge on any atom is 0.416 e. The summed E-state index contributed by atoms with van der Waals surface area (Å²) in [7, 11) is 0. The molecular formula is C9H7F3N2O2. The van der Waals surface area contributed by atoms with E-state index in [0.717, 1.165) is 18.2 Å². The Bertz CT molecular complexity index is 445. The lowest BCUT2D eigenvalue weighted by molar-refractivity contribution is -0.780. The fraction of sp³-hybridized carbons (Fsp3) is 0.222. The fourth-order valence-electron chi connectivity index (χ4n) is 1.50. The zero-order valence-corrected chi connectivity index (χ0v) is 7.89. The third-order valence-electron chi connectivity index (χ3n) is 2.30. The lowest BCUT2D eigenvalue weighted by Crippen LogP contribution is -3.05. The molecule has 2 N–H and O–H groups in total. The second-order valence-corrected chi connectivity index (χ2v) is 3.36. The molecule has 0 saturated carbocycles. The predicted octanol–water partition coefficient (Wildman–Crippen LogP) is 0.421. The average molecular weight is 232 g/mol. The molecule has 0 bridgehead atoms. The third-order valence-corrected chi connectivity index (χ3v) is 2.30. The number of rotatable bonds is 0. The molecule has 1 aliphatic rings. The molecule has 86 valence electrons. The van der Waals surface area contributed by atoms with Crippen molar-refractivity contribution >= 4 is 11.6 Å². The Balaban J connectivity index is 2.52. The summed E-state index contributed by atoms with van der Waals surface area (Å²) in [5.41, 5.74) is -1.10. The van der Waals surface area contributed by atoms with Crippen LogP contribution >= 0.6 is 0 Å². The summed E-state index contributed by atoms with van der Waals surface area (Å²) in [6, 6.07) is 2.53. The normalized spacial score (nSPS) is 20.2. The Labute approximate surface area is 88.2 Å². The first-order valence-electron chi connectivity index (χ1n) is 4.42. The fourth-order valence-corrected chi connectivity index (χ4v) is 1.50. The predicted molar refractivity (Wildman–Crippen MR) is 47.8 cm³/mol. The average Bonchev–Trinajstić information content (AvgIpc) is 2.22. The highest BCUT2D eigenvalue weighted by Gasteiger charge is 2.33. The molecule has 0 saturated heterocycles. The highest BCUT2D eigenvalue weighted by atomic mass is 19.4. The van der Waals surface area contributed by atoms with Gasteiger partial charge in [-0.25, -0.2) is 0 Å². The molecular weight excluding hydrogens is 225 g/mol. The second-order valence-electron chi connectivity index (χ2n) is 3.36. The molecule has 1 atom stereocenters. The number of alkyl halides is 3. The summed E-state index contributed by atoms with van der Waals surface area (Å²) in [4.78, 5) is 11.2. The van der Waals surface area contributed by atoms with Gasteiger partial charge in [-0.05, 0) is 12.1 Å². The van der Waals surface area contributed by atoms with Crippen molar-refractivity contribution in [2.24, 2.45) is 0 Å². The van der Waals surface area contributed by atoms with Crippen molar-refractivity contribution in [3.8, 4) is 0 Å². The number of nitrogens with one attached hydrogen (secondary N) is 2. The van der Waals surface area contributed by atoms with Crippen LogP contribution < -0.4 is 10.4 Å². The van der Waals surface area contributed by atoms with E-state index in [9.17, 15) is 23.2 Å². The molecule has 16 heavy (non-hydrogen) atoms. The number of benzene rings is 1. The molecule has 1 aromatic rings. The van der Waals surface area contributed by atoms with Crippen LogP contribution in [0.1, 0.15) is 15.9 Å². The van der Waals surface area contributed by atoms with Crippen molar-refractivity contribution < 1.29 is 23.0 Å². The number of halogens is 3. The van der Waals surface area contributed by atoms with Crippen LogP contribution in [-0.2, 0) is 6.18 Å². The molecule has 7 heteroatoms. The van der Waals surface area contributed by atoms with E-state index in [4.69, 9.17) is 0 Å². The molecule has 1 aromatic carbocycles. The van der Waals surface area contributed by atoms with Gasteiger partial charge in [-0.2, -0.15) is 13.2 Å².